The molecule has 22 nitrogen and oxygen atoms in total. The second-order valence-corrected chi connectivity index (χ2v) is 26.9. The molecule has 86 heavy (non-hydrogen) atoms. The molecule has 0 radical (unpaired) electrons. The number of rotatable bonds is 20. The van der Waals surface area contributed by atoms with Crippen molar-refractivity contribution in [1.82, 2.24) is 40.9 Å². The molecule has 0 aliphatic carbocycles. The molecule has 9 N–H and O–H groups in total. The fourth-order valence-electron chi connectivity index (χ4n) is 12.3. The van der Waals surface area contributed by atoms with Gasteiger partial charge in [-0.25, -0.2) is 0 Å². The van der Waals surface area contributed by atoms with E-state index in [4.69, 9.17) is 5.73 Å². The Morgan fingerprint density at radius 1 is 0.872 bits per heavy atom. The molecule has 3 aromatic carbocycles. The van der Waals surface area contributed by atoms with Crippen LogP contribution in [0.1, 0.15) is 134 Å². The molecule has 6 heterocycles. The van der Waals surface area contributed by atoms with E-state index < -0.39 is 90.5 Å². The van der Waals surface area contributed by atoms with Crippen LogP contribution in [0.2, 0.25) is 0 Å². The largest absolute Gasteiger partial charge is 0.399 e. The van der Waals surface area contributed by atoms with Crippen LogP contribution in [-0.2, 0) is 62.2 Å². The first kappa shape index (κ1) is 63.3. The fraction of sp³-hybridized carbons (Fsp3) is 0.517. The van der Waals surface area contributed by atoms with E-state index in [1.54, 1.807) is 17.0 Å². The molecule has 26 heteroatoms. The summed E-state index contributed by atoms with van der Waals surface area (Å²) < 4.78 is 41.3. The van der Waals surface area contributed by atoms with Crippen LogP contribution < -0.4 is 32.3 Å². The van der Waals surface area contributed by atoms with Crippen LogP contribution in [0.5, 0.6) is 0 Å². The molecule has 462 valence electrons. The van der Waals surface area contributed by atoms with Crippen molar-refractivity contribution in [3.05, 3.63) is 99.4 Å². The molecule has 9 amide bonds. The summed E-state index contributed by atoms with van der Waals surface area (Å²) in [6, 6.07) is 11.6. The van der Waals surface area contributed by atoms with Crippen molar-refractivity contribution in [3.8, 4) is 0 Å². The first-order valence-corrected chi connectivity index (χ1v) is 31.7. The zero-order chi connectivity index (χ0) is 62.0. The Morgan fingerprint density at radius 3 is 2.27 bits per heavy atom. The lowest BCUT2D eigenvalue weighted by Gasteiger charge is -2.38. The van der Waals surface area contributed by atoms with Gasteiger partial charge in [-0.1, -0.05) is 64.1 Å². The number of piperidine rings is 2. The number of amides is 9. The van der Waals surface area contributed by atoms with Gasteiger partial charge in [0.05, 0.1) is 4.88 Å². The molecule has 1 unspecified atom stereocenters. The SMILES string of the molecule is CCN1CC[C@H]2CC[C@@H](C(=O)N[C@@H](CCC(N)=O)C(=O)N[C@@H](Cc3ccc(C(C)(C)C)cc3)C(=O)N3CCC(CCNc4cccc5c4CN(C4CCC(=O)NC4=O)C5=O)CC3)N2C(=O)[C@@H](NC(=O)c2cc3cc(C(F)(F)P(=O)(O)O)ccc3s2)C1. The summed E-state index contributed by atoms with van der Waals surface area (Å²) in [6.45, 7) is 10.8. The van der Waals surface area contributed by atoms with Crippen LogP contribution >= 0.6 is 18.9 Å². The van der Waals surface area contributed by atoms with E-state index in [2.05, 4.69) is 47.4 Å². The minimum Gasteiger partial charge on any atom is -0.385 e. The normalized spacial score (nSPS) is 21.5. The van der Waals surface area contributed by atoms with Gasteiger partial charge in [0.25, 0.3) is 11.8 Å². The third-order valence-corrected chi connectivity index (χ3v) is 19.5. The first-order valence-electron chi connectivity index (χ1n) is 29.3. The van der Waals surface area contributed by atoms with Gasteiger partial charge in [-0.05, 0) is 116 Å². The number of nitrogens with zero attached hydrogens (tertiary/aromatic N) is 4. The predicted octanol–water partition coefficient (Wildman–Crippen LogP) is 4.59. The van der Waals surface area contributed by atoms with E-state index in [1.165, 1.54) is 21.9 Å². The zero-order valence-corrected chi connectivity index (χ0v) is 50.3. The molecule has 4 fully saturated rings. The van der Waals surface area contributed by atoms with E-state index in [1.807, 2.05) is 42.2 Å². The Hall–Kier alpha value is -7.18. The maximum Gasteiger partial charge on any atom is 0.399 e. The van der Waals surface area contributed by atoms with Crippen molar-refractivity contribution in [1.29, 1.82) is 0 Å². The summed E-state index contributed by atoms with van der Waals surface area (Å²) in [4.78, 5) is 148. The molecular weight excluding hydrogens is 1150 g/mol. The third-order valence-electron chi connectivity index (χ3n) is 17.3. The maximum absolute atomic E-state index is 14.8. The van der Waals surface area contributed by atoms with E-state index in [9.17, 15) is 66.3 Å². The molecule has 5 aliphatic heterocycles. The van der Waals surface area contributed by atoms with Crippen molar-refractivity contribution in [2.24, 2.45) is 11.7 Å². The van der Waals surface area contributed by atoms with Crippen LogP contribution in [0.3, 0.4) is 0 Å². The Kier molecular flexibility index (Phi) is 19.2. The van der Waals surface area contributed by atoms with Gasteiger partial charge in [0, 0.05) is 91.7 Å². The number of nitrogens with one attached hydrogen (secondary N) is 5. The minimum atomic E-state index is -5.87. The van der Waals surface area contributed by atoms with E-state index in [0.717, 1.165) is 52.3 Å². The Morgan fingerprint density at radius 2 is 1.59 bits per heavy atom. The highest BCUT2D eigenvalue weighted by molar-refractivity contribution is 7.52. The molecule has 4 saturated heterocycles. The molecular formula is C60H75F2N10O12PS. The number of likely N-dealkylation sites (tertiary alicyclic amines) is 1. The van der Waals surface area contributed by atoms with E-state index >= 15 is 0 Å². The fourth-order valence-corrected chi connectivity index (χ4v) is 13.7. The van der Waals surface area contributed by atoms with Crippen molar-refractivity contribution < 1.29 is 66.3 Å². The number of carbonyl (C=O) groups excluding carboxylic acids is 9. The molecule has 0 saturated carbocycles. The van der Waals surface area contributed by atoms with Gasteiger partial charge in [-0.3, -0.25) is 53.0 Å². The Labute approximate surface area is 500 Å². The molecule has 4 aromatic rings. The number of likely N-dealkylation sites (N-methyl/N-ethyl adjacent to an activating group) is 1. The number of imide groups is 1. The summed E-state index contributed by atoms with van der Waals surface area (Å²) in [7, 11) is -5.87. The standard InChI is InChI=1S/C60H75F2N10O12PS/c1-5-69-26-24-39-14-16-47(72(39)58(81)45(33-69)67-55(78)49-31-36-30-38(13-18-48(36)86-49)60(61,62)85(82,83)84)54(77)65-43(15-19-50(63)73)52(75)66-44(29-35-9-11-37(12-10-35)59(2,3)4)57(80)70-27-22-34(23-28-70)21-25-64-42-8-6-7-40-41(42)32-71(56(40)79)46-17-20-51(74)68-53(46)76/h6-13,18,30-31,34,39,43-47,64H,5,14-17,19-29,32-33H2,1-4H3,(H2,63,73)(H,65,77)(H,66,75)(H,67,78)(H,68,74,76)(H2,82,83,84)/t39-,43+,44+,45+,46?,47+/m1/s1. The number of hydrogen-bond donors (Lipinski definition) is 8. The highest BCUT2D eigenvalue weighted by atomic mass is 32.1. The lowest BCUT2D eigenvalue weighted by atomic mass is 9.86. The van der Waals surface area contributed by atoms with E-state index in [0.29, 0.717) is 68.7 Å². The quantitative estimate of drug-likeness (QED) is 0.0444. The number of nitrogens with two attached hydrogens (primary N) is 1. The number of primary amides is 1. The van der Waals surface area contributed by atoms with Gasteiger partial charge >= 0.3 is 13.3 Å². The number of hydrogen-bond acceptors (Lipinski definition) is 13. The van der Waals surface area contributed by atoms with Crippen molar-refractivity contribution in [2.75, 3.05) is 44.6 Å². The van der Waals surface area contributed by atoms with Gasteiger partial charge in [0.1, 0.15) is 30.2 Å². The summed E-state index contributed by atoms with van der Waals surface area (Å²) in [5, 5.41) is 14.5. The van der Waals surface area contributed by atoms with Gasteiger partial charge < -0.3 is 56.4 Å². The number of anilines is 1. The second kappa shape index (κ2) is 26.0. The third kappa shape index (κ3) is 14.1. The highest BCUT2D eigenvalue weighted by Gasteiger charge is 2.51. The monoisotopic (exact) mass is 1230 g/mol. The Balaban J connectivity index is 0.865. The van der Waals surface area contributed by atoms with Crippen LogP contribution in [0, 0.1) is 5.92 Å². The molecule has 0 spiro atoms. The highest BCUT2D eigenvalue weighted by Crippen LogP contribution is 2.59. The van der Waals surface area contributed by atoms with Gasteiger partial charge in [-0.15, -0.1) is 11.3 Å². The van der Waals surface area contributed by atoms with Gasteiger partial charge in [0.15, 0.2) is 0 Å². The zero-order valence-electron chi connectivity index (χ0n) is 48.6. The van der Waals surface area contributed by atoms with Crippen molar-refractivity contribution in [3.63, 3.8) is 0 Å². The number of thiophene rings is 1. The number of alkyl halides is 2. The lowest BCUT2D eigenvalue weighted by molar-refractivity contribution is -0.144. The van der Waals surface area contributed by atoms with E-state index in [-0.39, 0.29) is 90.9 Å². The van der Waals surface area contributed by atoms with Crippen molar-refractivity contribution >= 4 is 87.9 Å². The first-order chi connectivity index (χ1) is 40.7. The minimum absolute atomic E-state index is 0.0361. The van der Waals surface area contributed by atoms with Crippen LogP contribution in [0.25, 0.3) is 10.1 Å². The average Bonchev–Trinajstić information content (AvgIpc) is 2.73. The van der Waals surface area contributed by atoms with Crippen LogP contribution in [0.15, 0.2) is 66.7 Å². The summed E-state index contributed by atoms with van der Waals surface area (Å²) in [5.41, 5.74) is 3.95. The summed E-state index contributed by atoms with van der Waals surface area (Å²) in [6.07, 6.45) is 3.18. The number of halogens is 2. The number of carbonyl (C=O) groups is 9. The average molecular weight is 1230 g/mol. The lowest BCUT2D eigenvalue weighted by Crippen LogP contribution is -2.62. The van der Waals surface area contributed by atoms with Crippen molar-refractivity contribution in [2.45, 2.75) is 152 Å². The summed E-state index contributed by atoms with van der Waals surface area (Å²) in [5.74, 6) is -4.65. The van der Waals surface area contributed by atoms with Crippen LogP contribution in [-0.4, -0.2) is 158 Å². The van der Waals surface area contributed by atoms with Gasteiger partial charge in [-0.2, -0.15) is 8.78 Å². The number of benzene rings is 3. The molecule has 9 rings (SSSR count). The molecule has 6 atom stereocenters. The summed E-state index contributed by atoms with van der Waals surface area (Å²) >= 11 is 0.930. The molecule has 0 bridgehead atoms. The number of fused-ring (bicyclic) bond motifs is 3. The molecule has 1 aromatic heterocycles. The molecule has 5 aliphatic rings. The predicted molar refractivity (Wildman–Crippen MR) is 315 cm³/mol. The topological polar surface area (TPSA) is 310 Å². The van der Waals surface area contributed by atoms with Crippen LogP contribution in [0.4, 0.5) is 14.5 Å². The second-order valence-electron chi connectivity index (χ2n) is 24.1. The smallest absolute Gasteiger partial charge is 0.385 e. The van der Waals surface area contributed by atoms with Gasteiger partial charge in [0.2, 0.25) is 41.4 Å². The maximum atomic E-state index is 14.8. The Bertz CT molecular complexity index is 3340.